The number of hydrogen-bond acceptors (Lipinski definition) is 8. The fourth-order valence-electron chi connectivity index (χ4n) is 11.0. The van der Waals surface area contributed by atoms with Crippen molar-refractivity contribution in [3.8, 4) is 5.75 Å². The van der Waals surface area contributed by atoms with Crippen LogP contribution in [-0.4, -0.2) is 91.1 Å². The summed E-state index contributed by atoms with van der Waals surface area (Å²) in [6, 6.07) is 7.01. The van der Waals surface area contributed by atoms with E-state index in [-0.39, 0.29) is 35.3 Å². The lowest BCUT2D eigenvalue weighted by atomic mass is 9.46. The molecule has 8 nitrogen and oxygen atoms in total. The molecule has 38 heavy (non-hydrogen) atoms. The summed E-state index contributed by atoms with van der Waals surface area (Å²) < 4.78 is 23.7. The summed E-state index contributed by atoms with van der Waals surface area (Å²) in [6.45, 7) is 4.23. The molecule has 6 aliphatic rings. The van der Waals surface area contributed by atoms with Gasteiger partial charge in [-0.1, -0.05) is 6.92 Å². The SMILES string of the molecule is CCN1CC2CCC(OC)[C@@]34C2CC(C13)[C@@]1(O)C[C@H](OC)[C@@]2(O)CC4C1C2OC(=O)c1ccc(OC)cc1. The highest BCUT2D eigenvalue weighted by Gasteiger charge is 2.84. The fraction of sp³-hybridized carbons (Fsp3) is 0.767. The van der Waals surface area contributed by atoms with Gasteiger partial charge in [-0.3, -0.25) is 4.90 Å². The first-order chi connectivity index (χ1) is 18.3. The van der Waals surface area contributed by atoms with Gasteiger partial charge in [0.25, 0.3) is 0 Å². The smallest absolute Gasteiger partial charge is 0.338 e. The summed E-state index contributed by atoms with van der Waals surface area (Å²) in [5.74, 6) is 0.810. The summed E-state index contributed by atoms with van der Waals surface area (Å²) in [7, 11) is 5.01. The van der Waals surface area contributed by atoms with Gasteiger partial charge in [0.2, 0.25) is 0 Å². The minimum Gasteiger partial charge on any atom is -0.497 e. The predicted molar refractivity (Wildman–Crippen MR) is 138 cm³/mol. The number of rotatable bonds is 6. The Balaban J connectivity index is 1.35. The molecular formula is C30H41NO7. The molecule has 208 valence electrons. The average Bonchev–Trinajstić information content (AvgIpc) is 3.31. The predicted octanol–water partition coefficient (Wildman–Crippen LogP) is 2.50. The van der Waals surface area contributed by atoms with Crippen LogP contribution in [0.1, 0.15) is 49.4 Å². The van der Waals surface area contributed by atoms with Gasteiger partial charge >= 0.3 is 5.97 Å². The maximum Gasteiger partial charge on any atom is 0.338 e. The maximum atomic E-state index is 13.5. The van der Waals surface area contributed by atoms with Crippen molar-refractivity contribution in [2.75, 3.05) is 34.4 Å². The molecule has 6 fully saturated rings. The minimum atomic E-state index is -1.37. The Morgan fingerprint density at radius 2 is 1.71 bits per heavy atom. The Hall–Kier alpha value is -1.71. The van der Waals surface area contributed by atoms with Gasteiger partial charge in [-0.15, -0.1) is 0 Å². The molecule has 1 spiro atoms. The molecule has 8 heteroatoms. The van der Waals surface area contributed by atoms with Crippen molar-refractivity contribution in [3.63, 3.8) is 0 Å². The number of nitrogens with zero attached hydrogens (tertiary/aromatic N) is 1. The fourth-order valence-corrected chi connectivity index (χ4v) is 11.0. The van der Waals surface area contributed by atoms with Crippen LogP contribution >= 0.6 is 0 Å². The molecule has 2 N–H and O–H groups in total. The molecule has 0 aromatic heterocycles. The van der Waals surface area contributed by atoms with Gasteiger partial charge in [0.05, 0.1) is 30.5 Å². The molecule has 1 aromatic carbocycles. The second-order valence-corrected chi connectivity index (χ2v) is 12.8. The van der Waals surface area contributed by atoms with E-state index in [1.165, 1.54) is 0 Å². The number of ether oxygens (including phenoxy) is 4. The molecule has 0 radical (unpaired) electrons. The lowest BCUT2D eigenvalue weighted by Gasteiger charge is -2.67. The zero-order valence-corrected chi connectivity index (χ0v) is 22.8. The standard InChI is InChI=1S/C30H41NO7/c1-5-31-15-17-8-11-22(36-3)30-19(17)12-20(25(30)31)28(33)14-23(37-4)29(34)13-21(30)24(28)26(29)38-27(32)16-6-9-18(35-2)10-7-16/h6-7,9-10,17,19-26,33-34H,5,8,11-15H2,1-4H3/t17?,19?,20?,21?,22?,23-,24?,25?,26?,28-,29-,30-/m0/s1. The number of benzene rings is 1. The maximum absolute atomic E-state index is 13.5. The van der Waals surface area contributed by atoms with Gasteiger partial charge in [0, 0.05) is 50.5 Å². The number of carbonyl (C=O) groups excluding carboxylic acids is 1. The number of carbonyl (C=O) groups is 1. The van der Waals surface area contributed by atoms with Crippen molar-refractivity contribution in [2.24, 2.45) is 35.0 Å². The third-order valence-corrected chi connectivity index (χ3v) is 12.1. The Kier molecular flexibility index (Phi) is 5.59. The van der Waals surface area contributed by atoms with Crippen molar-refractivity contribution in [1.29, 1.82) is 0 Å². The highest BCUT2D eigenvalue weighted by atomic mass is 16.6. The first-order valence-corrected chi connectivity index (χ1v) is 14.4. The van der Waals surface area contributed by atoms with E-state index < -0.39 is 29.4 Å². The van der Waals surface area contributed by atoms with Crippen LogP contribution in [0.2, 0.25) is 0 Å². The first kappa shape index (κ1) is 25.3. The normalized spacial score (nSPS) is 50.1. The number of fused-ring (bicyclic) bond motifs is 2. The van der Waals surface area contributed by atoms with Crippen LogP contribution in [0.15, 0.2) is 24.3 Å². The molecule has 7 rings (SSSR count). The monoisotopic (exact) mass is 527 g/mol. The minimum absolute atomic E-state index is 0.0249. The highest BCUT2D eigenvalue weighted by molar-refractivity contribution is 5.89. The van der Waals surface area contributed by atoms with Gasteiger partial charge in [0.1, 0.15) is 17.5 Å². The van der Waals surface area contributed by atoms with Gasteiger partial charge in [-0.25, -0.2) is 4.79 Å². The molecule has 7 bridgehead atoms. The van der Waals surface area contributed by atoms with E-state index in [2.05, 4.69) is 11.8 Å². The Morgan fingerprint density at radius 3 is 2.37 bits per heavy atom. The second-order valence-electron chi connectivity index (χ2n) is 12.8. The highest BCUT2D eigenvalue weighted by Crippen LogP contribution is 2.77. The summed E-state index contributed by atoms with van der Waals surface area (Å²) in [5, 5.41) is 25.1. The zero-order chi connectivity index (χ0) is 26.6. The van der Waals surface area contributed by atoms with E-state index in [9.17, 15) is 15.0 Å². The van der Waals surface area contributed by atoms with Crippen molar-refractivity contribution < 1.29 is 34.0 Å². The molecule has 12 atom stereocenters. The molecule has 5 saturated carbocycles. The van der Waals surface area contributed by atoms with E-state index in [0.29, 0.717) is 36.0 Å². The van der Waals surface area contributed by atoms with E-state index >= 15 is 0 Å². The summed E-state index contributed by atoms with van der Waals surface area (Å²) in [4.78, 5) is 16.1. The van der Waals surface area contributed by atoms with Crippen molar-refractivity contribution in [1.82, 2.24) is 4.90 Å². The molecule has 1 heterocycles. The lowest BCUT2D eigenvalue weighted by Crippen LogP contribution is -2.75. The zero-order valence-electron chi connectivity index (χ0n) is 22.8. The van der Waals surface area contributed by atoms with Crippen LogP contribution in [0.5, 0.6) is 5.75 Å². The van der Waals surface area contributed by atoms with Gasteiger partial charge < -0.3 is 29.2 Å². The first-order valence-electron chi connectivity index (χ1n) is 14.4. The molecule has 8 unspecified atom stereocenters. The second kappa shape index (κ2) is 8.40. The molecule has 1 saturated heterocycles. The Labute approximate surface area is 224 Å². The lowest BCUT2D eigenvalue weighted by molar-refractivity contribution is -0.271. The van der Waals surface area contributed by atoms with E-state index in [1.807, 2.05) is 7.11 Å². The van der Waals surface area contributed by atoms with E-state index in [0.717, 1.165) is 32.4 Å². The van der Waals surface area contributed by atoms with Crippen molar-refractivity contribution in [3.05, 3.63) is 29.8 Å². The average molecular weight is 528 g/mol. The summed E-state index contributed by atoms with van der Waals surface area (Å²) in [5.41, 5.74) is -2.24. The van der Waals surface area contributed by atoms with E-state index in [1.54, 1.807) is 38.5 Å². The molecule has 1 aliphatic heterocycles. The Bertz CT molecular complexity index is 1110. The van der Waals surface area contributed by atoms with Crippen LogP contribution in [0.3, 0.4) is 0 Å². The molecule has 5 aliphatic carbocycles. The van der Waals surface area contributed by atoms with Gasteiger partial charge in [-0.05, 0) is 74.2 Å². The molecular weight excluding hydrogens is 486 g/mol. The third-order valence-electron chi connectivity index (χ3n) is 12.1. The number of piperidine rings is 1. The van der Waals surface area contributed by atoms with Crippen molar-refractivity contribution in [2.45, 2.75) is 74.6 Å². The topological polar surface area (TPSA) is 97.7 Å². The molecule has 1 aromatic rings. The van der Waals surface area contributed by atoms with Gasteiger partial charge in [-0.2, -0.15) is 0 Å². The number of methoxy groups -OCH3 is 3. The third kappa shape index (κ3) is 2.86. The van der Waals surface area contributed by atoms with Crippen LogP contribution in [-0.2, 0) is 14.2 Å². The van der Waals surface area contributed by atoms with Crippen LogP contribution in [0, 0.1) is 35.0 Å². The number of esters is 1. The van der Waals surface area contributed by atoms with Crippen LogP contribution in [0.25, 0.3) is 0 Å². The quantitative estimate of drug-likeness (QED) is 0.545. The summed E-state index contributed by atoms with van der Waals surface area (Å²) >= 11 is 0. The van der Waals surface area contributed by atoms with Crippen LogP contribution < -0.4 is 4.74 Å². The number of hydrogen-bond donors (Lipinski definition) is 2. The van der Waals surface area contributed by atoms with Gasteiger partial charge in [0.15, 0.2) is 0 Å². The van der Waals surface area contributed by atoms with E-state index in [4.69, 9.17) is 18.9 Å². The molecule has 0 amide bonds. The largest absolute Gasteiger partial charge is 0.497 e. The summed E-state index contributed by atoms with van der Waals surface area (Å²) in [6.07, 6.45) is 2.50. The van der Waals surface area contributed by atoms with Crippen molar-refractivity contribution >= 4 is 5.97 Å². The van der Waals surface area contributed by atoms with Crippen LogP contribution in [0.4, 0.5) is 0 Å². The number of aliphatic hydroxyl groups is 2. The Morgan fingerprint density at radius 1 is 0.974 bits per heavy atom. The number of likely N-dealkylation sites (tertiary alicyclic amines) is 1.